The Morgan fingerprint density at radius 2 is 1.88 bits per heavy atom. The number of hydrogen-bond acceptors (Lipinski definition) is 6. The number of hydrogen-bond donors (Lipinski definition) is 2. The van der Waals surface area contributed by atoms with Gasteiger partial charge in [-0.1, -0.05) is 6.07 Å². The fourth-order valence-electron chi connectivity index (χ4n) is 1.77. The lowest BCUT2D eigenvalue weighted by molar-refractivity contribution is -0.384. The second-order valence-corrected chi connectivity index (χ2v) is 6.43. The lowest BCUT2D eigenvalue weighted by Crippen LogP contribution is -2.28. The van der Waals surface area contributed by atoms with Crippen LogP contribution in [0.3, 0.4) is 0 Å². The zero-order valence-corrected chi connectivity index (χ0v) is 13.2. The van der Waals surface area contributed by atoms with Crippen molar-refractivity contribution >= 4 is 27.4 Å². The number of non-ortho nitro benzene ring substituents is 1. The maximum absolute atomic E-state index is 12.0. The SMILES string of the molecule is O=C(CCNS(=O)(=O)c1ccc([N+](=O)[O-])cc1)Nc1ccccn1. The molecule has 0 radical (unpaired) electrons. The van der Waals surface area contributed by atoms with Gasteiger partial charge >= 0.3 is 0 Å². The fourth-order valence-corrected chi connectivity index (χ4v) is 2.80. The fraction of sp³-hybridized carbons (Fsp3) is 0.143. The van der Waals surface area contributed by atoms with E-state index < -0.39 is 14.9 Å². The maximum atomic E-state index is 12.0. The van der Waals surface area contributed by atoms with E-state index in [0.717, 1.165) is 24.3 Å². The highest BCUT2D eigenvalue weighted by Gasteiger charge is 2.16. The monoisotopic (exact) mass is 350 g/mol. The van der Waals surface area contributed by atoms with Crippen molar-refractivity contribution in [2.24, 2.45) is 0 Å². The molecule has 0 unspecified atom stereocenters. The number of anilines is 1. The molecule has 0 saturated heterocycles. The average Bonchev–Trinajstić information content (AvgIpc) is 2.55. The van der Waals surface area contributed by atoms with Gasteiger partial charge in [-0.15, -0.1) is 0 Å². The number of carbonyl (C=O) groups is 1. The zero-order valence-electron chi connectivity index (χ0n) is 12.4. The Morgan fingerprint density at radius 3 is 2.46 bits per heavy atom. The van der Waals surface area contributed by atoms with Crippen LogP contribution in [-0.4, -0.2) is 30.8 Å². The van der Waals surface area contributed by atoms with E-state index in [9.17, 15) is 23.3 Å². The first-order valence-electron chi connectivity index (χ1n) is 6.83. The molecule has 0 atom stereocenters. The first-order chi connectivity index (χ1) is 11.4. The normalized spacial score (nSPS) is 11.0. The van der Waals surface area contributed by atoms with Crippen LogP contribution in [0.4, 0.5) is 11.5 Å². The number of carbonyl (C=O) groups excluding carboxylic acids is 1. The second kappa shape index (κ2) is 7.62. The van der Waals surface area contributed by atoms with Crippen molar-refractivity contribution in [3.63, 3.8) is 0 Å². The van der Waals surface area contributed by atoms with E-state index in [1.807, 2.05) is 0 Å². The number of pyridine rings is 1. The van der Waals surface area contributed by atoms with Gasteiger partial charge in [0.25, 0.3) is 5.69 Å². The molecule has 1 aromatic heterocycles. The van der Waals surface area contributed by atoms with Crippen molar-refractivity contribution in [2.45, 2.75) is 11.3 Å². The molecule has 1 amide bonds. The van der Waals surface area contributed by atoms with E-state index in [4.69, 9.17) is 0 Å². The molecule has 2 aromatic rings. The van der Waals surface area contributed by atoms with Crippen LogP contribution in [-0.2, 0) is 14.8 Å². The van der Waals surface area contributed by atoms with Gasteiger partial charge in [0.2, 0.25) is 15.9 Å². The number of aromatic nitrogens is 1. The molecular formula is C14H14N4O5S. The molecule has 0 saturated carbocycles. The Morgan fingerprint density at radius 1 is 1.17 bits per heavy atom. The van der Waals surface area contributed by atoms with Crippen LogP contribution in [0.5, 0.6) is 0 Å². The highest BCUT2D eigenvalue weighted by atomic mass is 32.2. The van der Waals surface area contributed by atoms with Gasteiger partial charge in [0, 0.05) is 31.3 Å². The van der Waals surface area contributed by atoms with Crippen molar-refractivity contribution in [3.05, 3.63) is 58.8 Å². The third kappa shape index (κ3) is 4.83. The van der Waals surface area contributed by atoms with E-state index in [0.29, 0.717) is 5.82 Å². The zero-order chi connectivity index (χ0) is 17.6. The standard InChI is InChI=1S/C14H14N4O5S/c19-14(17-13-3-1-2-9-15-13)8-10-16-24(22,23)12-6-4-11(5-7-12)18(20)21/h1-7,9,16H,8,10H2,(H,15,17,19). The van der Waals surface area contributed by atoms with Crippen molar-refractivity contribution in [1.29, 1.82) is 0 Å². The number of benzene rings is 1. The minimum Gasteiger partial charge on any atom is -0.311 e. The molecule has 24 heavy (non-hydrogen) atoms. The number of nitro groups is 1. The second-order valence-electron chi connectivity index (χ2n) is 4.66. The Hall–Kier alpha value is -2.85. The summed E-state index contributed by atoms with van der Waals surface area (Å²) in [5, 5.41) is 13.1. The van der Waals surface area contributed by atoms with Crippen molar-refractivity contribution < 1.29 is 18.1 Å². The van der Waals surface area contributed by atoms with E-state index >= 15 is 0 Å². The third-order valence-corrected chi connectivity index (χ3v) is 4.41. The molecule has 0 aliphatic heterocycles. The first-order valence-corrected chi connectivity index (χ1v) is 8.32. The molecule has 2 rings (SSSR count). The van der Waals surface area contributed by atoms with Gasteiger partial charge in [-0.25, -0.2) is 18.1 Å². The molecule has 1 aromatic carbocycles. The van der Waals surface area contributed by atoms with Crippen LogP contribution < -0.4 is 10.0 Å². The molecule has 1 heterocycles. The minimum absolute atomic E-state index is 0.0806. The summed E-state index contributed by atoms with van der Waals surface area (Å²) in [6.07, 6.45) is 1.44. The largest absolute Gasteiger partial charge is 0.311 e. The lowest BCUT2D eigenvalue weighted by atomic mass is 10.3. The van der Waals surface area contributed by atoms with Crippen LogP contribution in [0.15, 0.2) is 53.6 Å². The number of sulfonamides is 1. The summed E-state index contributed by atoms with van der Waals surface area (Å²) in [6, 6.07) is 9.49. The molecule has 0 aliphatic carbocycles. The number of rotatable bonds is 7. The van der Waals surface area contributed by atoms with Gasteiger partial charge in [0.1, 0.15) is 5.82 Å². The lowest BCUT2D eigenvalue weighted by Gasteiger charge is -2.07. The summed E-state index contributed by atoms with van der Waals surface area (Å²) >= 11 is 0. The highest BCUT2D eigenvalue weighted by molar-refractivity contribution is 7.89. The summed E-state index contributed by atoms with van der Waals surface area (Å²) < 4.78 is 26.3. The molecular weight excluding hydrogens is 336 g/mol. The van der Waals surface area contributed by atoms with Crippen molar-refractivity contribution in [3.8, 4) is 0 Å². The predicted molar refractivity (Wildman–Crippen MR) is 85.8 cm³/mol. The Bertz CT molecular complexity index is 822. The van der Waals surface area contributed by atoms with Crippen LogP contribution in [0.1, 0.15) is 6.42 Å². The number of amides is 1. The smallest absolute Gasteiger partial charge is 0.269 e. The summed E-state index contributed by atoms with van der Waals surface area (Å²) in [5.74, 6) is -0.0131. The third-order valence-electron chi connectivity index (χ3n) is 2.93. The molecule has 126 valence electrons. The Kier molecular flexibility index (Phi) is 5.55. The maximum Gasteiger partial charge on any atom is 0.269 e. The molecule has 10 heteroatoms. The van der Waals surface area contributed by atoms with Crippen molar-refractivity contribution in [2.75, 3.05) is 11.9 Å². The number of nitrogens with one attached hydrogen (secondary N) is 2. The topological polar surface area (TPSA) is 131 Å². The first kappa shape index (κ1) is 17.5. The number of nitro benzene ring substituents is 1. The Balaban J connectivity index is 1.88. The van der Waals surface area contributed by atoms with Crippen LogP contribution in [0.2, 0.25) is 0 Å². The minimum atomic E-state index is -3.84. The summed E-state index contributed by atoms with van der Waals surface area (Å²) in [4.78, 5) is 25.4. The molecule has 9 nitrogen and oxygen atoms in total. The predicted octanol–water partition coefficient (Wildman–Crippen LogP) is 1.30. The molecule has 0 fully saturated rings. The van der Waals surface area contributed by atoms with Gasteiger partial charge in [-0.2, -0.15) is 0 Å². The van der Waals surface area contributed by atoms with Crippen molar-refractivity contribution in [1.82, 2.24) is 9.71 Å². The average molecular weight is 350 g/mol. The van der Waals surface area contributed by atoms with Gasteiger partial charge in [-0.3, -0.25) is 14.9 Å². The molecule has 0 aliphatic rings. The van der Waals surface area contributed by atoms with E-state index in [-0.39, 0.29) is 29.5 Å². The van der Waals surface area contributed by atoms with Gasteiger partial charge in [0.15, 0.2) is 0 Å². The van der Waals surface area contributed by atoms with E-state index in [1.54, 1.807) is 18.2 Å². The summed E-state index contributed by atoms with van der Waals surface area (Å²) in [5.41, 5.74) is -0.205. The molecule has 0 spiro atoms. The number of nitrogens with zero attached hydrogens (tertiary/aromatic N) is 2. The Labute approximate surface area is 137 Å². The van der Waals surface area contributed by atoms with Gasteiger partial charge < -0.3 is 5.32 Å². The molecule has 0 bridgehead atoms. The van der Waals surface area contributed by atoms with E-state index in [2.05, 4.69) is 15.0 Å². The van der Waals surface area contributed by atoms with Gasteiger partial charge in [0.05, 0.1) is 9.82 Å². The summed E-state index contributed by atoms with van der Waals surface area (Å²) in [6.45, 7) is -0.113. The summed E-state index contributed by atoms with van der Waals surface area (Å²) in [7, 11) is -3.84. The van der Waals surface area contributed by atoms with Crippen LogP contribution >= 0.6 is 0 Å². The van der Waals surface area contributed by atoms with E-state index in [1.165, 1.54) is 6.20 Å². The van der Waals surface area contributed by atoms with Gasteiger partial charge in [-0.05, 0) is 24.3 Å². The van der Waals surface area contributed by atoms with Crippen LogP contribution in [0.25, 0.3) is 0 Å². The quantitative estimate of drug-likeness (QED) is 0.571. The molecule has 2 N–H and O–H groups in total. The van der Waals surface area contributed by atoms with Crippen LogP contribution in [0, 0.1) is 10.1 Å². The highest BCUT2D eigenvalue weighted by Crippen LogP contribution is 2.15.